The summed E-state index contributed by atoms with van der Waals surface area (Å²) >= 11 is 0. The van der Waals surface area contributed by atoms with Crippen molar-refractivity contribution in [2.45, 2.75) is 45.6 Å². The van der Waals surface area contributed by atoms with Crippen molar-refractivity contribution in [1.29, 1.82) is 0 Å². The van der Waals surface area contributed by atoms with Crippen molar-refractivity contribution in [2.75, 3.05) is 23.7 Å². The summed E-state index contributed by atoms with van der Waals surface area (Å²) < 4.78 is 5.36. The zero-order valence-corrected chi connectivity index (χ0v) is 12.6. The fourth-order valence-corrected chi connectivity index (χ4v) is 2.44. The highest BCUT2D eigenvalue weighted by molar-refractivity contribution is 5.92. The lowest BCUT2D eigenvalue weighted by Gasteiger charge is -2.30. The van der Waals surface area contributed by atoms with Crippen LogP contribution in [0.3, 0.4) is 0 Å². The maximum atomic E-state index is 12.0. The molecule has 1 heterocycles. The van der Waals surface area contributed by atoms with E-state index in [1.807, 2.05) is 26.8 Å². The van der Waals surface area contributed by atoms with Gasteiger partial charge < -0.3 is 15.4 Å². The number of nitrogens with two attached hydrogens (primary N) is 1. The van der Waals surface area contributed by atoms with Crippen LogP contribution in [0.15, 0.2) is 18.2 Å². The number of hydrogen-bond donors (Lipinski definition) is 1. The van der Waals surface area contributed by atoms with Gasteiger partial charge in [0.2, 0.25) is 0 Å². The van der Waals surface area contributed by atoms with Crippen LogP contribution in [0.25, 0.3) is 0 Å². The number of hydrogen-bond acceptors (Lipinski definition) is 4. The van der Waals surface area contributed by atoms with Gasteiger partial charge in [0.25, 0.3) is 0 Å². The Morgan fingerprint density at radius 1 is 1.20 bits per heavy atom. The largest absolute Gasteiger partial charge is 0.456 e. The molecule has 1 aromatic carbocycles. The average Bonchev–Trinajstić information content (AvgIpc) is 2.37. The van der Waals surface area contributed by atoms with Crippen LogP contribution in [0.5, 0.6) is 0 Å². The van der Waals surface area contributed by atoms with E-state index in [1.165, 1.54) is 19.3 Å². The Morgan fingerprint density at radius 2 is 1.85 bits per heavy atom. The van der Waals surface area contributed by atoms with E-state index in [-0.39, 0.29) is 5.97 Å². The van der Waals surface area contributed by atoms with Gasteiger partial charge in [-0.25, -0.2) is 4.79 Å². The summed E-state index contributed by atoms with van der Waals surface area (Å²) in [7, 11) is 0. The minimum absolute atomic E-state index is 0.325. The molecule has 0 bridgehead atoms. The minimum atomic E-state index is -0.489. The molecule has 2 N–H and O–H groups in total. The molecule has 0 atom stereocenters. The molecule has 20 heavy (non-hydrogen) atoms. The van der Waals surface area contributed by atoms with Crippen molar-refractivity contribution in [1.82, 2.24) is 0 Å². The standard InChI is InChI=1S/C16H24N2O2/c1-16(2,3)20-15(19)12-7-8-14(13(17)11-12)18-9-5-4-6-10-18/h7-8,11H,4-6,9-10,17H2,1-3H3. The zero-order valence-electron chi connectivity index (χ0n) is 12.6. The predicted molar refractivity (Wildman–Crippen MR) is 82.1 cm³/mol. The first-order chi connectivity index (χ1) is 9.37. The van der Waals surface area contributed by atoms with Crippen LogP contribution in [0.1, 0.15) is 50.4 Å². The number of nitrogen functional groups attached to an aromatic ring is 1. The third-order valence-corrected chi connectivity index (χ3v) is 3.36. The summed E-state index contributed by atoms with van der Waals surface area (Å²) in [4.78, 5) is 14.3. The van der Waals surface area contributed by atoms with Gasteiger partial charge in [0.05, 0.1) is 16.9 Å². The van der Waals surface area contributed by atoms with Crippen LogP contribution < -0.4 is 10.6 Å². The van der Waals surface area contributed by atoms with Gasteiger partial charge in [-0.3, -0.25) is 0 Å². The van der Waals surface area contributed by atoms with Crippen LogP contribution in [-0.4, -0.2) is 24.7 Å². The van der Waals surface area contributed by atoms with E-state index >= 15 is 0 Å². The Hall–Kier alpha value is -1.71. The summed E-state index contributed by atoms with van der Waals surface area (Å²) in [5.41, 5.74) is 7.80. The van der Waals surface area contributed by atoms with E-state index < -0.39 is 5.60 Å². The predicted octanol–water partition coefficient (Wildman–Crippen LogP) is 3.21. The maximum absolute atomic E-state index is 12.0. The Morgan fingerprint density at radius 3 is 2.40 bits per heavy atom. The molecular weight excluding hydrogens is 252 g/mol. The van der Waals surface area contributed by atoms with Crippen LogP contribution in [0.2, 0.25) is 0 Å². The lowest BCUT2D eigenvalue weighted by molar-refractivity contribution is 0.00696. The number of ether oxygens (including phenoxy) is 1. The highest BCUT2D eigenvalue weighted by atomic mass is 16.6. The Bertz CT molecular complexity index is 486. The first-order valence-electron chi connectivity index (χ1n) is 7.25. The summed E-state index contributed by atoms with van der Waals surface area (Å²) in [6.45, 7) is 7.65. The molecule has 0 spiro atoms. The number of carbonyl (C=O) groups is 1. The first kappa shape index (κ1) is 14.7. The van der Waals surface area contributed by atoms with Crippen molar-refractivity contribution in [3.63, 3.8) is 0 Å². The molecule has 1 aliphatic rings. The minimum Gasteiger partial charge on any atom is -0.456 e. The Balaban J connectivity index is 2.14. The van der Waals surface area contributed by atoms with Gasteiger partial charge in [0.1, 0.15) is 5.60 Å². The topological polar surface area (TPSA) is 55.6 Å². The molecule has 0 radical (unpaired) electrons. The van der Waals surface area contributed by atoms with Crippen molar-refractivity contribution in [3.05, 3.63) is 23.8 Å². The molecule has 0 saturated carbocycles. The van der Waals surface area contributed by atoms with Crippen molar-refractivity contribution in [2.24, 2.45) is 0 Å². The number of benzene rings is 1. The molecule has 0 aliphatic carbocycles. The Kier molecular flexibility index (Phi) is 4.21. The second-order valence-electron chi connectivity index (χ2n) is 6.32. The number of rotatable bonds is 2. The van der Waals surface area contributed by atoms with E-state index in [2.05, 4.69) is 4.90 Å². The lowest BCUT2D eigenvalue weighted by Crippen LogP contribution is -2.30. The molecule has 1 aliphatic heterocycles. The van der Waals surface area contributed by atoms with Gasteiger partial charge in [0.15, 0.2) is 0 Å². The molecule has 0 unspecified atom stereocenters. The van der Waals surface area contributed by atoms with Crippen LogP contribution in [0, 0.1) is 0 Å². The van der Waals surface area contributed by atoms with Crippen molar-refractivity contribution >= 4 is 17.3 Å². The number of carbonyl (C=O) groups excluding carboxylic acids is 1. The average molecular weight is 276 g/mol. The van der Waals surface area contributed by atoms with Gasteiger partial charge in [-0.05, 0) is 58.2 Å². The molecule has 1 fully saturated rings. The van der Waals surface area contributed by atoms with Gasteiger partial charge in [-0.15, -0.1) is 0 Å². The van der Waals surface area contributed by atoms with E-state index in [4.69, 9.17) is 10.5 Å². The summed E-state index contributed by atoms with van der Waals surface area (Å²) in [5.74, 6) is -0.325. The second-order valence-corrected chi connectivity index (χ2v) is 6.32. The molecule has 110 valence electrons. The fraction of sp³-hybridized carbons (Fsp3) is 0.562. The summed E-state index contributed by atoms with van der Waals surface area (Å²) in [5, 5.41) is 0. The van der Waals surface area contributed by atoms with Gasteiger partial charge in [0, 0.05) is 13.1 Å². The number of esters is 1. The maximum Gasteiger partial charge on any atom is 0.338 e. The molecular formula is C16H24N2O2. The van der Waals surface area contributed by atoms with Crippen molar-refractivity contribution in [3.8, 4) is 0 Å². The smallest absolute Gasteiger partial charge is 0.338 e. The van der Waals surface area contributed by atoms with Gasteiger partial charge in [-0.1, -0.05) is 0 Å². The Labute approximate surface area is 120 Å². The number of nitrogens with zero attached hydrogens (tertiary/aromatic N) is 1. The number of piperidine rings is 1. The molecule has 1 aromatic rings. The molecule has 2 rings (SSSR count). The third-order valence-electron chi connectivity index (χ3n) is 3.36. The van der Waals surface area contributed by atoms with E-state index in [9.17, 15) is 4.79 Å². The van der Waals surface area contributed by atoms with Crippen LogP contribution in [0.4, 0.5) is 11.4 Å². The molecule has 0 amide bonds. The van der Waals surface area contributed by atoms with Gasteiger partial charge >= 0.3 is 5.97 Å². The summed E-state index contributed by atoms with van der Waals surface area (Å²) in [6.07, 6.45) is 3.69. The summed E-state index contributed by atoms with van der Waals surface area (Å²) in [6, 6.07) is 5.45. The second kappa shape index (κ2) is 5.73. The fourth-order valence-electron chi connectivity index (χ4n) is 2.44. The third kappa shape index (κ3) is 3.65. The van der Waals surface area contributed by atoms with Crippen LogP contribution in [-0.2, 0) is 4.74 Å². The molecule has 0 aromatic heterocycles. The van der Waals surface area contributed by atoms with E-state index in [0.717, 1.165) is 18.8 Å². The SMILES string of the molecule is CC(C)(C)OC(=O)c1ccc(N2CCCCC2)c(N)c1. The van der Waals surface area contributed by atoms with E-state index in [1.54, 1.807) is 12.1 Å². The monoisotopic (exact) mass is 276 g/mol. The highest BCUT2D eigenvalue weighted by Gasteiger charge is 2.20. The van der Waals surface area contributed by atoms with Crippen molar-refractivity contribution < 1.29 is 9.53 Å². The normalized spacial score (nSPS) is 16.1. The quantitative estimate of drug-likeness (QED) is 0.665. The number of anilines is 2. The van der Waals surface area contributed by atoms with Crippen LogP contribution >= 0.6 is 0 Å². The zero-order chi connectivity index (χ0) is 14.8. The van der Waals surface area contributed by atoms with E-state index in [0.29, 0.717) is 11.3 Å². The lowest BCUT2D eigenvalue weighted by atomic mass is 10.1. The highest BCUT2D eigenvalue weighted by Crippen LogP contribution is 2.27. The van der Waals surface area contributed by atoms with Gasteiger partial charge in [-0.2, -0.15) is 0 Å². The molecule has 4 nitrogen and oxygen atoms in total. The molecule has 1 saturated heterocycles. The molecule has 4 heteroatoms. The first-order valence-corrected chi connectivity index (χ1v) is 7.25.